The molecule has 4 amide bonds. The Morgan fingerprint density at radius 2 is 1.68 bits per heavy atom. The Hall–Kier alpha value is -4.22. The van der Waals surface area contributed by atoms with Gasteiger partial charge in [-0.3, -0.25) is 38.7 Å². The third-order valence-corrected chi connectivity index (χ3v) is 9.05. The number of barbiturate groups is 1. The number of anilines is 1. The lowest BCUT2D eigenvalue weighted by Gasteiger charge is -2.50. The topological polar surface area (TPSA) is 148 Å². The van der Waals surface area contributed by atoms with Crippen LogP contribution in [-0.4, -0.2) is 75.2 Å². The molecule has 1 saturated carbocycles. The molecule has 12 nitrogen and oxygen atoms in total. The number of imide groups is 2. The molecule has 1 atom stereocenters. The number of rotatable bonds is 3. The molecule has 12 heteroatoms. The Morgan fingerprint density at radius 3 is 2.38 bits per heavy atom. The zero-order chi connectivity index (χ0) is 28.3. The number of hydrogen-bond acceptors (Lipinski definition) is 8. The lowest BCUT2D eigenvalue weighted by atomic mass is 9.68. The third kappa shape index (κ3) is 3.72. The molecule has 1 spiro atoms. The zero-order valence-corrected chi connectivity index (χ0v) is 22.6. The second-order valence-electron chi connectivity index (χ2n) is 11.2. The van der Waals surface area contributed by atoms with E-state index in [4.69, 9.17) is 0 Å². The molecular formula is C28H32N6O6. The zero-order valence-electron chi connectivity index (χ0n) is 22.6. The molecule has 4 aliphatic rings. The number of hydrogen-bond donors (Lipinski definition) is 2. The molecule has 3 fully saturated rings. The number of carbonyl (C=O) groups is 3. The van der Waals surface area contributed by atoms with E-state index in [-0.39, 0.29) is 24.1 Å². The highest BCUT2D eigenvalue weighted by atomic mass is 16.3. The molecule has 0 unspecified atom stereocenters. The van der Waals surface area contributed by atoms with Gasteiger partial charge in [0.2, 0.25) is 17.7 Å². The minimum Gasteiger partial charge on any atom is -0.494 e. The van der Waals surface area contributed by atoms with E-state index in [1.807, 2.05) is 6.07 Å². The molecule has 1 aromatic carbocycles. The highest BCUT2D eigenvalue weighted by Gasteiger charge is 2.63. The second-order valence-corrected chi connectivity index (χ2v) is 11.2. The maximum Gasteiger partial charge on any atom is 0.332 e. The molecule has 40 heavy (non-hydrogen) atoms. The van der Waals surface area contributed by atoms with Crippen LogP contribution in [0, 0.1) is 5.41 Å². The fraction of sp³-hybridized carbons (Fsp3) is 0.500. The molecule has 3 aliphatic heterocycles. The standard InChI is InChI=1S/C28H32N6O6/c1-31-24(37)28(25(38)32(2)27(31)40)14-16-13-17(10-11-20(16)33-12-6-9-21(28)33)29-15-19-22(35)30-26(39)34(23(19)36)18-7-4-3-5-8-18/h10-11,13,15,18,21,36H,3-9,12,14H2,1-2H3,(H,30,35,39)/t21-/m0/s1. The van der Waals surface area contributed by atoms with Crippen LogP contribution in [0.25, 0.3) is 0 Å². The van der Waals surface area contributed by atoms with Gasteiger partial charge in [0, 0.05) is 38.6 Å². The minimum absolute atomic E-state index is 0.113. The lowest BCUT2D eigenvalue weighted by Crippen LogP contribution is -2.70. The number of aromatic amines is 1. The second kappa shape index (κ2) is 9.46. The van der Waals surface area contributed by atoms with Gasteiger partial charge in [-0.25, -0.2) is 9.59 Å². The van der Waals surface area contributed by atoms with Crippen molar-refractivity contribution in [3.8, 4) is 5.88 Å². The van der Waals surface area contributed by atoms with Gasteiger partial charge >= 0.3 is 11.7 Å². The number of H-pyrrole nitrogens is 1. The fourth-order valence-corrected chi connectivity index (χ4v) is 7.07. The van der Waals surface area contributed by atoms with Crippen molar-refractivity contribution in [2.24, 2.45) is 10.4 Å². The summed E-state index contributed by atoms with van der Waals surface area (Å²) in [7, 11) is 2.81. The first-order valence-corrected chi connectivity index (χ1v) is 13.8. The van der Waals surface area contributed by atoms with Crippen molar-refractivity contribution in [2.75, 3.05) is 25.5 Å². The Kier molecular flexibility index (Phi) is 6.15. The van der Waals surface area contributed by atoms with Crippen molar-refractivity contribution in [3.05, 3.63) is 50.2 Å². The van der Waals surface area contributed by atoms with Crippen LogP contribution in [0.1, 0.15) is 62.1 Å². The molecule has 2 N–H and O–H groups in total. The SMILES string of the molecule is CN1C(=O)N(C)C(=O)C2(Cc3cc(N=Cc4c(O)n(C5CCCCC5)c(=O)[nH]c4=O)ccc3N3CCC[C@H]32)C1=O. The molecule has 1 aliphatic carbocycles. The number of nitrogens with one attached hydrogen (secondary N) is 1. The Morgan fingerprint density at radius 1 is 0.975 bits per heavy atom. The van der Waals surface area contributed by atoms with Crippen molar-refractivity contribution >= 4 is 35.4 Å². The quantitative estimate of drug-likeness (QED) is 0.441. The average Bonchev–Trinajstić information content (AvgIpc) is 3.45. The number of amides is 4. The predicted molar refractivity (Wildman–Crippen MR) is 146 cm³/mol. The van der Waals surface area contributed by atoms with Crippen molar-refractivity contribution in [2.45, 2.75) is 63.5 Å². The summed E-state index contributed by atoms with van der Waals surface area (Å²) in [4.78, 5) is 75.7. The van der Waals surface area contributed by atoms with Crippen LogP contribution in [0.2, 0.25) is 0 Å². The van der Waals surface area contributed by atoms with Crippen molar-refractivity contribution in [1.29, 1.82) is 0 Å². The summed E-state index contributed by atoms with van der Waals surface area (Å²) in [6.07, 6.45) is 7.27. The van der Waals surface area contributed by atoms with Gasteiger partial charge in [0.05, 0.1) is 11.7 Å². The van der Waals surface area contributed by atoms with Crippen molar-refractivity contribution < 1.29 is 19.5 Å². The number of aromatic hydroxyl groups is 1. The third-order valence-electron chi connectivity index (χ3n) is 9.05. The van der Waals surface area contributed by atoms with Gasteiger partial charge in [-0.1, -0.05) is 19.3 Å². The van der Waals surface area contributed by atoms with E-state index >= 15 is 0 Å². The van der Waals surface area contributed by atoms with E-state index < -0.39 is 40.4 Å². The first-order valence-electron chi connectivity index (χ1n) is 13.8. The Labute approximate surface area is 229 Å². The fourth-order valence-electron chi connectivity index (χ4n) is 7.07. The summed E-state index contributed by atoms with van der Waals surface area (Å²) in [5.74, 6) is -1.41. The van der Waals surface area contributed by atoms with Crippen LogP contribution in [-0.2, 0) is 16.0 Å². The summed E-state index contributed by atoms with van der Waals surface area (Å²) >= 11 is 0. The summed E-state index contributed by atoms with van der Waals surface area (Å²) in [5, 5.41) is 10.9. The molecule has 4 heterocycles. The number of benzene rings is 1. The van der Waals surface area contributed by atoms with Crippen LogP contribution < -0.4 is 16.1 Å². The first-order chi connectivity index (χ1) is 19.1. The lowest BCUT2D eigenvalue weighted by molar-refractivity contribution is -0.159. The van der Waals surface area contributed by atoms with Gasteiger partial charge in [-0.05, 0) is 55.9 Å². The van der Waals surface area contributed by atoms with Gasteiger partial charge in [-0.2, -0.15) is 0 Å². The number of urea groups is 1. The smallest absolute Gasteiger partial charge is 0.332 e. The molecule has 0 bridgehead atoms. The van der Waals surface area contributed by atoms with Gasteiger partial charge in [0.1, 0.15) is 5.56 Å². The Balaban J connectivity index is 1.38. The van der Waals surface area contributed by atoms with E-state index in [0.29, 0.717) is 18.7 Å². The summed E-state index contributed by atoms with van der Waals surface area (Å²) in [6.45, 7) is 0.677. The van der Waals surface area contributed by atoms with E-state index in [2.05, 4.69) is 14.9 Å². The molecule has 210 valence electrons. The largest absolute Gasteiger partial charge is 0.494 e. The van der Waals surface area contributed by atoms with Gasteiger partial charge < -0.3 is 10.0 Å². The van der Waals surface area contributed by atoms with Crippen molar-refractivity contribution in [3.63, 3.8) is 0 Å². The molecule has 2 saturated heterocycles. The molecule has 1 aromatic heterocycles. The van der Waals surface area contributed by atoms with Crippen LogP contribution in [0.15, 0.2) is 32.8 Å². The number of nitrogens with zero attached hydrogens (tertiary/aromatic N) is 5. The highest BCUT2D eigenvalue weighted by molar-refractivity contribution is 6.20. The van der Waals surface area contributed by atoms with E-state index in [9.17, 15) is 29.1 Å². The summed E-state index contributed by atoms with van der Waals surface area (Å²) < 4.78 is 1.25. The molecule has 2 aromatic rings. The molecular weight excluding hydrogens is 516 g/mol. The van der Waals surface area contributed by atoms with E-state index in [1.165, 1.54) is 24.9 Å². The van der Waals surface area contributed by atoms with Gasteiger partial charge in [0.15, 0.2) is 5.41 Å². The highest BCUT2D eigenvalue weighted by Crippen LogP contribution is 2.49. The van der Waals surface area contributed by atoms with Crippen LogP contribution in [0.4, 0.5) is 16.2 Å². The molecule has 0 radical (unpaired) electrons. The maximum absolute atomic E-state index is 13.6. The minimum atomic E-state index is -1.42. The maximum atomic E-state index is 13.6. The summed E-state index contributed by atoms with van der Waals surface area (Å²) in [5.41, 5.74) is -0.816. The Bertz CT molecular complexity index is 1540. The first kappa shape index (κ1) is 26.0. The number of aliphatic imine (C=N–C) groups is 1. The normalized spacial score (nSPS) is 22.9. The predicted octanol–water partition coefficient (Wildman–Crippen LogP) is 2.06. The summed E-state index contributed by atoms with van der Waals surface area (Å²) in [6, 6.07) is 4.24. The van der Waals surface area contributed by atoms with Gasteiger partial charge in [0.25, 0.3) is 5.56 Å². The van der Waals surface area contributed by atoms with E-state index in [0.717, 1.165) is 59.6 Å². The number of aromatic nitrogens is 2. The monoisotopic (exact) mass is 548 g/mol. The van der Waals surface area contributed by atoms with Gasteiger partial charge in [-0.15, -0.1) is 0 Å². The van der Waals surface area contributed by atoms with Crippen molar-refractivity contribution in [1.82, 2.24) is 19.4 Å². The number of carbonyl (C=O) groups excluding carboxylic acids is 3. The number of fused-ring (bicyclic) bond motifs is 4. The van der Waals surface area contributed by atoms with Crippen LogP contribution in [0.5, 0.6) is 5.88 Å². The van der Waals surface area contributed by atoms with Crippen LogP contribution >= 0.6 is 0 Å². The van der Waals surface area contributed by atoms with Crippen LogP contribution in [0.3, 0.4) is 0 Å². The van der Waals surface area contributed by atoms with E-state index in [1.54, 1.807) is 12.1 Å². The average molecular weight is 549 g/mol. The molecule has 6 rings (SSSR count).